The fourth-order valence-corrected chi connectivity index (χ4v) is 3.27. The van der Waals surface area contributed by atoms with Crippen LogP contribution in [0.2, 0.25) is 0 Å². The first-order valence-electron chi connectivity index (χ1n) is 11.8. The standard InChI is InChI=1S/C27H34N2O8/c1-6-8-13-36-17-25(31)29(3)21-16-19(10-11-20(21)27(33)37-7-2)28-24(30)12-9-18-14-22(34-4)26(32)23(15-18)35-5/h9-12,14-16,32H,6-8,13,17H2,1-5H3,(H,28,30). The molecule has 0 aliphatic rings. The topological polar surface area (TPSA) is 124 Å². The van der Waals surface area contributed by atoms with Crippen LogP contribution < -0.4 is 19.7 Å². The largest absolute Gasteiger partial charge is 0.502 e. The minimum Gasteiger partial charge on any atom is -0.502 e. The Kier molecular flexibility index (Phi) is 11.4. The van der Waals surface area contributed by atoms with Crippen LogP contribution >= 0.6 is 0 Å². The van der Waals surface area contributed by atoms with Crippen molar-refractivity contribution in [2.24, 2.45) is 0 Å². The summed E-state index contributed by atoms with van der Waals surface area (Å²) in [5.41, 5.74) is 1.39. The van der Waals surface area contributed by atoms with E-state index in [9.17, 15) is 19.5 Å². The lowest BCUT2D eigenvalue weighted by atomic mass is 10.1. The summed E-state index contributed by atoms with van der Waals surface area (Å²) in [6.45, 7) is 4.20. The van der Waals surface area contributed by atoms with E-state index in [1.807, 2.05) is 6.92 Å². The fraction of sp³-hybridized carbons (Fsp3) is 0.370. The number of carbonyl (C=O) groups is 3. The van der Waals surface area contributed by atoms with Gasteiger partial charge in [-0.2, -0.15) is 0 Å². The molecule has 0 aliphatic heterocycles. The zero-order chi connectivity index (χ0) is 27.4. The Morgan fingerprint density at radius 2 is 1.73 bits per heavy atom. The van der Waals surface area contributed by atoms with E-state index in [1.54, 1.807) is 25.1 Å². The Hall–Kier alpha value is -4.05. The zero-order valence-electron chi connectivity index (χ0n) is 21.8. The summed E-state index contributed by atoms with van der Waals surface area (Å²) in [5.74, 6) is -1.14. The number of hydrogen-bond acceptors (Lipinski definition) is 8. The van der Waals surface area contributed by atoms with Crippen molar-refractivity contribution in [3.63, 3.8) is 0 Å². The Bertz CT molecular complexity index is 1100. The van der Waals surface area contributed by atoms with Gasteiger partial charge in [0.1, 0.15) is 6.61 Å². The molecule has 2 amide bonds. The van der Waals surface area contributed by atoms with Gasteiger partial charge in [0, 0.05) is 25.4 Å². The molecule has 0 radical (unpaired) electrons. The molecule has 0 unspecified atom stereocenters. The van der Waals surface area contributed by atoms with Crippen molar-refractivity contribution in [3.8, 4) is 17.2 Å². The molecule has 0 bridgehead atoms. The third-order valence-electron chi connectivity index (χ3n) is 5.29. The molecule has 10 heteroatoms. The van der Waals surface area contributed by atoms with Crippen LogP contribution in [0.4, 0.5) is 11.4 Å². The molecule has 2 rings (SSSR count). The maximum absolute atomic E-state index is 12.7. The average Bonchev–Trinajstić information content (AvgIpc) is 2.89. The first kappa shape index (κ1) is 29.2. The molecule has 2 N–H and O–H groups in total. The van der Waals surface area contributed by atoms with Crippen LogP contribution in [0.25, 0.3) is 6.08 Å². The first-order valence-corrected chi connectivity index (χ1v) is 11.8. The number of methoxy groups -OCH3 is 2. The van der Waals surface area contributed by atoms with E-state index in [4.69, 9.17) is 18.9 Å². The molecule has 0 saturated heterocycles. The van der Waals surface area contributed by atoms with Gasteiger partial charge in [-0.3, -0.25) is 9.59 Å². The summed E-state index contributed by atoms with van der Waals surface area (Å²) in [6.07, 6.45) is 4.60. The second kappa shape index (κ2) is 14.5. The number of unbranched alkanes of at least 4 members (excludes halogenated alkanes) is 1. The lowest BCUT2D eigenvalue weighted by Gasteiger charge is -2.21. The van der Waals surface area contributed by atoms with Gasteiger partial charge in [0.15, 0.2) is 11.5 Å². The van der Waals surface area contributed by atoms with E-state index in [0.717, 1.165) is 12.8 Å². The van der Waals surface area contributed by atoms with Gasteiger partial charge >= 0.3 is 5.97 Å². The second-order valence-electron chi connectivity index (χ2n) is 7.91. The number of hydrogen-bond donors (Lipinski definition) is 2. The molecule has 0 saturated carbocycles. The highest BCUT2D eigenvalue weighted by atomic mass is 16.5. The molecule has 10 nitrogen and oxygen atoms in total. The number of ether oxygens (including phenoxy) is 4. The number of anilines is 2. The minimum atomic E-state index is -0.586. The third kappa shape index (κ3) is 8.25. The molecule has 37 heavy (non-hydrogen) atoms. The molecule has 0 spiro atoms. The van der Waals surface area contributed by atoms with Crippen molar-refractivity contribution in [2.45, 2.75) is 26.7 Å². The van der Waals surface area contributed by atoms with Crippen molar-refractivity contribution in [2.75, 3.05) is 51.3 Å². The highest BCUT2D eigenvalue weighted by molar-refractivity contribution is 6.06. The molecule has 2 aromatic carbocycles. The third-order valence-corrected chi connectivity index (χ3v) is 5.29. The van der Waals surface area contributed by atoms with Crippen molar-refractivity contribution in [1.82, 2.24) is 0 Å². The lowest BCUT2D eigenvalue weighted by molar-refractivity contribution is -0.122. The maximum Gasteiger partial charge on any atom is 0.340 e. The van der Waals surface area contributed by atoms with Gasteiger partial charge in [-0.15, -0.1) is 0 Å². The van der Waals surface area contributed by atoms with Gasteiger partial charge in [0.05, 0.1) is 32.1 Å². The average molecular weight is 515 g/mol. The number of likely N-dealkylation sites (N-methyl/N-ethyl adjacent to an activating group) is 1. The summed E-state index contributed by atoms with van der Waals surface area (Å²) in [6, 6.07) is 7.66. The van der Waals surface area contributed by atoms with Crippen LogP contribution in [0.3, 0.4) is 0 Å². The summed E-state index contributed by atoms with van der Waals surface area (Å²) < 4.78 is 20.8. The monoisotopic (exact) mass is 514 g/mol. The maximum atomic E-state index is 12.7. The number of aromatic hydroxyl groups is 1. The summed E-state index contributed by atoms with van der Waals surface area (Å²) in [4.78, 5) is 39.1. The number of carbonyl (C=O) groups excluding carboxylic acids is 3. The Labute approximate surface area is 216 Å². The quantitative estimate of drug-likeness (QED) is 0.233. The molecule has 0 atom stereocenters. The van der Waals surface area contributed by atoms with Crippen LogP contribution in [-0.2, 0) is 19.1 Å². The first-order chi connectivity index (χ1) is 17.7. The molecule has 0 aromatic heterocycles. The smallest absolute Gasteiger partial charge is 0.340 e. The number of benzene rings is 2. The van der Waals surface area contributed by atoms with E-state index in [-0.39, 0.29) is 47.6 Å². The molecular formula is C27H34N2O8. The molecular weight excluding hydrogens is 480 g/mol. The molecule has 0 aliphatic carbocycles. The summed E-state index contributed by atoms with van der Waals surface area (Å²) in [5, 5.41) is 12.8. The molecule has 2 aromatic rings. The number of amides is 2. The Morgan fingerprint density at radius 1 is 1.05 bits per heavy atom. The molecule has 200 valence electrons. The number of phenolic OH excluding ortho intramolecular Hbond substituents is 1. The van der Waals surface area contributed by atoms with Crippen LogP contribution in [0, 0.1) is 0 Å². The van der Waals surface area contributed by atoms with Gasteiger partial charge in [-0.25, -0.2) is 4.79 Å². The Balaban J connectivity index is 2.24. The van der Waals surface area contributed by atoms with Gasteiger partial charge in [-0.1, -0.05) is 13.3 Å². The van der Waals surface area contributed by atoms with Gasteiger partial charge in [0.25, 0.3) is 5.91 Å². The minimum absolute atomic E-state index is 0.141. The van der Waals surface area contributed by atoms with Crippen LogP contribution in [0.1, 0.15) is 42.6 Å². The van der Waals surface area contributed by atoms with E-state index in [2.05, 4.69) is 5.32 Å². The van der Waals surface area contributed by atoms with Crippen LogP contribution in [0.15, 0.2) is 36.4 Å². The van der Waals surface area contributed by atoms with E-state index < -0.39 is 11.9 Å². The van der Waals surface area contributed by atoms with Crippen molar-refractivity contribution >= 4 is 35.2 Å². The van der Waals surface area contributed by atoms with E-state index in [0.29, 0.717) is 17.9 Å². The van der Waals surface area contributed by atoms with Gasteiger partial charge in [0.2, 0.25) is 11.7 Å². The van der Waals surface area contributed by atoms with E-state index in [1.165, 1.54) is 50.5 Å². The zero-order valence-corrected chi connectivity index (χ0v) is 21.8. The predicted molar refractivity (Wildman–Crippen MR) is 140 cm³/mol. The number of esters is 1. The number of rotatable bonds is 13. The van der Waals surface area contributed by atoms with Crippen LogP contribution in [0.5, 0.6) is 17.2 Å². The predicted octanol–water partition coefficient (Wildman–Crippen LogP) is 4.02. The number of nitrogens with zero attached hydrogens (tertiary/aromatic N) is 1. The number of nitrogens with one attached hydrogen (secondary N) is 1. The van der Waals surface area contributed by atoms with E-state index >= 15 is 0 Å². The normalized spacial score (nSPS) is 10.7. The summed E-state index contributed by atoms with van der Waals surface area (Å²) in [7, 11) is 4.34. The Morgan fingerprint density at radius 3 is 2.32 bits per heavy atom. The van der Waals surface area contributed by atoms with Crippen molar-refractivity contribution in [3.05, 3.63) is 47.5 Å². The number of phenols is 1. The second-order valence-corrected chi connectivity index (χ2v) is 7.91. The lowest BCUT2D eigenvalue weighted by Crippen LogP contribution is -2.32. The fourth-order valence-electron chi connectivity index (χ4n) is 3.27. The SMILES string of the molecule is CCCCOCC(=O)N(C)c1cc(NC(=O)C=Cc2cc(OC)c(O)c(OC)c2)ccc1C(=O)OCC. The highest BCUT2D eigenvalue weighted by Crippen LogP contribution is 2.37. The molecule has 0 heterocycles. The van der Waals surface area contributed by atoms with Crippen molar-refractivity contribution in [1.29, 1.82) is 0 Å². The van der Waals surface area contributed by atoms with Gasteiger partial charge in [-0.05, 0) is 55.3 Å². The highest BCUT2D eigenvalue weighted by Gasteiger charge is 2.21. The van der Waals surface area contributed by atoms with Crippen LogP contribution in [-0.4, -0.2) is 64.0 Å². The summed E-state index contributed by atoms with van der Waals surface area (Å²) >= 11 is 0. The van der Waals surface area contributed by atoms with Gasteiger partial charge < -0.3 is 34.3 Å². The van der Waals surface area contributed by atoms with Crippen molar-refractivity contribution < 1.29 is 38.4 Å². The molecule has 0 fully saturated rings.